The molecule has 0 bridgehead atoms. The number of aromatic nitrogens is 2. The molecule has 1 N–H and O–H groups in total. The van der Waals surface area contributed by atoms with Crippen LogP contribution in [0, 0.1) is 12.7 Å². The Morgan fingerprint density at radius 1 is 1.35 bits per heavy atom. The molecule has 0 aliphatic rings. The molecule has 0 atom stereocenters. The molecule has 4 nitrogen and oxygen atoms in total. The lowest BCUT2D eigenvalue weighted by Gasteiger charge is -2.22. The van der Waals surface area contributed by atoms with Gasteiger partial charge in [0.1, 0.15) is 5.60 Å². The van der Waals surface area contributed by atoms with Crippen molar-refractivity contribution in [3.8, 4) is 0 Å². The minimum absolute atomic E-state index is 0.250. The van der Waals surface area contributed by atoms with Crippen molar-refractivity contribution in [2.45, 2.75) is 39.7 Å². The van der Waals surface area contributed by atoms with Gasteiger partial charge in [0.15, 0.2) is 17.5 Å². The highest BCUT2D eigenvalue weighted by atomic mass is 19.1. The Labute approximate surface area is 102 Å². The monoisotopic (exact) mass is 241 g/mol. The van der Waals surface area contributed by atoms with Crippen molar-refractivity contribution in [1.29, 1.82) is 0 Å². The van der Waals surface area contributed by atoms with Gasteiger partial charge in [0.2, 0.25) is 0 Å². The highest BCUT2D eigenvalue weighted by Crippen LogP contribution is 2.23. The summed E-state index contributed by atoms with van der Waals surface area (Å²) in [6, 6.07) is 0. The first-order valence-corrected chi connectivity index (χ1v) is 5.76. The van der Waals surface area contributed by atoms with Gasteiger partial charge in [0, 0.05) is 13.7 Å². The number of anilines is 1. The summed E-state index contributed by atoms with van der Waals surface area (Å²) in [6.07, 6.45) is 0.908. The number of rotatable bonds is 5. The summed E-state index contributed by atoms with van der Waals surface area (Å²) in [6.45, 7) is 8.02. The second-order valence-corrected chi connectivity index (χ2v) is 4.44. The summed E-state index contributed by atoms with van der Waals surface area (Å²) in [5, 5.41) is 2.96. The number of methoxy groups -OCH3 is 1. The van der Waals surface area contributed by atoms with Crippen LogP contribution >= 0.6 is 0 Å². The molecule has 0 aliphatic carbocycles. The molecule has 0 saturated carbocycles. The molecule has 0 amide bonds. The zero-order chi connectivity index (χ0) is 13.1. The number of hydrogen-bond acceptors (Lipinski definition) is 4. The lowest BCUT2D eigenvalue weighted by molar-refractivity contribution is 0.0113. The van der Waals surface area contributed by atoms with Gasteiger partial charge >= 0.3 is 0 Å². The molecule has 0 fully saturated rings. The Morgan fingerprint density at radius 3 is 2.53 bits per heavy atom. The standard InChI is InChI=1S/C12H20FN3O/c1-6-7-14-10-9(13)8(2)15-11(16-10)12(3,4)17-5/h6-7H2,1-5H3,(H,14,15,16). The Kier molecular flexibility index (Phi) is 4.40. The molecule has 0 aromatic carbocycles. The summed E-state index contributed by atoms with van der Waals surface area (Å²) < 4.78 is 19.1. The maximum absolute atomic E-state index is 13.8. The predicted octanol–water partition coefficient (Wildman–Crippen LogP) is 2.63. The molecule has 1 rings (SSSR count). The molecule has 0 radical (unpaired) electrons. The zero-order valence-electron chi connectivity index (χ0n) is 11.1. The minimum Gasteiger partial charge on any atom is -0.371 e. The average molecular weight is 241 g/mol. The second kappa shape index (κ2) is 5.40. The van der Waals surface area contributed by atoms with Crippen LogP contribution in [0.4, 0.5) is 10.2 Å². The first kappa shape index (κ1) is 13.8. The van der Waals surface area contributed by atoms with E-state index in [0.717, 1.165) is 6.42 Å². The van der Waals surface area contributed by atoms with E-state index in [1.807, 2.05) is 20.8 Å². The van der Waals surface area contributed by atoms with Crippen LogP contribution in [0.25, 0.3) is 0 Å². The third kappa shape index (κ3) is 3.12. The third-order valence-electron chi connectivity index (χ3n) is 2.61. The fourth-order valence-electron chi connectivity index (χ4n) is 1.28. The third-order valence-corrected chi connectivity index (χ3v) is 2.61. The lowest BCUT2D eigenvalue weighted by Crippen LogP contribution is -2.24. The minimum atomic E-state index is -0.624. The van der Waals surface area contributed by atoms with Gasteiger partial charge in [-0.25, -0.2) is 14.4 Å². The summed E-state index contributed by atoms with van der Waals surface area (Å²) in [4.78, 5) is 8.32. The van der Waals surface area contributed by atoms with Crippen LogP contribution in [0.15, 0.2) is 0 Å². The topological polar surface area (TPSA) is 47.0 Å². The van der Waals surface area contributed by atoms with Gasteiger partial charge < -0.3 is 10.1 Å². The highest BCUT2D eigenvalue weighted by molar-refractivity contribution is 5.38. The van der Waals surface area contributed by atoms with Crippen molar-refractivity contribution in [3.63, 3.8) is 0 Å². The molecule has 0 spiro atoms. The Bertz CT molecular complexity index is 394. The molecule has 0 saturated heterocycles. The average Bonchev–Trinajstić information content (AvgIpc) is 2.30. The lowest BCUT2D eigenvalue weighted by atomic mass is 10.1. The van der Waals surface area contributed by atoms with Gasteiger partial charge in [0.05, 0.1) is 5.69 Å². The Hall–Kier alpha value is -1.23. The molecule has 1 aromatic rings. The Morgan fingerprint density at radius 2 is 2.00 bits per heavy atom. The second-order valence-electron chi connectivity index (χ2n) is 4.44. The number of hydrogen-bond donors (Lipinski definition) is 1. The number of aryl methyl sites for hydroxylation is 1. The van der Waals surface area contributed by atoms with E-state index in [9.17, 15) is 4.39 Å². The van der Waals surface area contributed by atoms with Crippen molar-refractivity contribution in [2.75, 3.05) is 19.0 Å². The van der Waals surface area contributed by atoms with Crippen molar-refractivity contribution >= 4 is 5.82 Å². The maximum Gasteiger partial charge on any atom is 0.186 e. The number of halogens is 1. The first-order valence-electron chi connectivity index (χ1n) is 5.76. The largest absolute Gasteiger partial charge is 0.371 e. The quantitative estimate of drug-likeness (QED) is 0.860. The number of nitrogens with zero attached hydrogens (tertiary/aromatic N) is 2. The molecular weight excluding hydrogens is 221 g/mol. The summed E-state index contributed by atoms with van der Waals surface area (Å²) >= 11 is 0. The smallest absolute Gasteiger partial charge is 0.186 e. The fraction of sp³-hybridized carbons (Fsp3) is 0.667. The van der Waals surface area contributed by atoms with Crippen molar-refractivity contribution in [2.24, 2.45) is 0 Å². The van der Waals surface area contributed by atoms with Crippen molar-refractivity contribution in [1.82, 2.24) is 9.97 Å². The fourth-order valence-corrected chi connectivity index (χ4v) is 1.28. The Balaban J connectivity index is 3.14. The van der Waals surface area contributed by atoms with Gasteiger partial charge in [-0.2, -0.15) is 0 Å². The van der Waals surface area contributed by atoms with E-state index in [4.69, 9.17) is 4.74 Å². The SMILES string of the molecule is CCCNc1nc(C(C)(C)OC)nc(C)c1F. The molecule has 0 aliphatic heterocycles. The van der Waals surface area contributed by atoms with Crippen LogP contribution in [0.2, 0.25) is 0 Å². The molecule has 96 valence electrons. The maximum atomic E-state index is 13.8. The normalized spacial score (nSPS) is 11.6. The van der Waals surface area contributed by atoms with Gasteiger partial charge in [-0.1, -0.05) is 6.92 Å². The summed E-state index contributed by atoms with van der Waals surface area (Å²) in [5.74, 6) is 0.339. The van der Waals surface area contributed by atoms with Crippen LogP contribution in [-0.4, -0.2) is 23.6 Å². The van der Waals surface area contributed by atoms with Gasteiger partial charge in [-0.05, 0) is 27.2 Å². The van der Waals surface area contributed by atoms with Crippen molar-refractivity contribution < 1.29 is 9.13 Å². The number of nitrogens with one attached hydrogen (secondary N) is 1. The number of ether oxygens (including phenoxy) is 1. The van der Waals surface area contributed by atoms with Crippen LogP contribution in [0.3, 0.4) is 0 Å². The first-order chi connectivity index (χ1) is 7.92. The van der Waals surface area contributed by atoms with E-state index in [1.54, 1.807) is 14.0 Å². The molecule has 1 aromatic heterocycles. The molecule has 17 heavy (non-hydrogen) atoms. The predicted molar refractivity (Wildman–Crippen MR) is 65.5 cm³/mol. The van der Waals surface area contributed by atoms with Gasteiger partial charge in [-0.3, -0.25) is 0 Å². The van der Waals surface area contributed by atoms with Crippen LogP contribution in [-0.2, 0) is 10.3 Å². The van der Waals surface area contributed by atoms with Gasteiger partial charge in [-0.15, -0.1) is 0 Å². The van der Waals surface area contributed by atoms with E-state index in [2.05, 4.69) is 15.3 Å². The highest BCUT2D eigenvalue weighted by Gasteiger charge is 2.25. The zero-order valence-corrected chi connectivity index (χ0v) is 11.1. The van der Waals surface area contributed by atoms with Crippen LogP contribution < -0.4 is 5.32 Å². The summed E-state index contributed by atoms with van der Waals surface area (Å²) in [7, 11) is 1.58. The molecule has 1 heterocycles. The summed E-state index contributed by atoms with van der Waals surface area (Å²) in [5.41, 5.74) is -0.292. The molecular formula is C12H20FN3O. The van der Waals surface area contributed by atoms with E-state index < -0.39 is 11.4 Å². The van der Waals surface area contributed by atoms with Crippen LogP contribution in [0.1, 0.15) is 38.7 Å². The van der Waals surface area contributed by atoms with E-state index in [1.165, 1.54) is 0 Å². The van der Waals surface area contributed by atoms with E-state index in [-0.39, 0.29) is 5.82 Å². The molecule has 5 heteroatoms. The van der Waals surface area contributed by atoms with Gasteiger partial charge in [0.25, 0.3) is 0 Å². The van der Waals surface area contributed by atoms with E-state index >= 15 is 0 Å². The van der Waals surface area contributed by atoms with Crippen molar-refractivity contribution in [3.05, 3.63) is 17.3 Å². The molecule has 0 unspecified atom stereocenters. The van der Waals surface area contributed by atoms with E-state index in [0.29, 0.717) is 18.1 Å². The van der Waals surface area contributed by atoms with Crippen LogP contribution in [0.5, 0.6) is 0 Å².